The molecule has 4 heteroatoms. The fraction of sp³-hybridized carbons (Fsp3) is 0.385. The largest absolute Gasteiger partial charge is 0.387 e. The molecule has 0 aliphatic carbocycles. The third-order valence-corrected chi connectivity index (χ3v) is 2.76. The Morgan fingerprint density at radius 2 is 2.00 bits per heavy atom. The number of rotatable bonds is 5. The van der Waals surface area contributed by atoms with Crippen LogP contribution in [0.3, 0.4) is 0 Å². The van der Waals surface area contributed by atoms with Gasteiger partial charge in [-0.2, -0.15) is 0 Å². The Morgan fingerprint density at radius 3 is 2.47 bits per heavy atom. The summed E-state index contributed by atoms with van der Waals surface area (Å²) in [5.41, 5.74) is 6.43. The van der Waals surface area contributed by atoms with Crippen LogP contribution >= 0.6 is 0 Å². The second-order valence-electron chi connectivity index (χ2n) is 4.06. The van der Waals surface area contributed by atoms with Gasteiger partial charge in [0, 0.05) is 0 Å². The summed E-state index contributed by atoms with van der Waals surface area (Å²) >= 11 is 0. The van der Waals surface area contributed by atoms with Gasteiger partial charge in [-0.3, -0.25) is 10.2 Å². The molecule has 0 heterocycles. The van der Waals surface area contributed by atoms with Crippen molar-refractivity contribution in [3.8, 4) is 0 Å². The van der Waals surface area contributed by atoms with Gasteiger partial charge in [0.25, 0.3) is 0 Å². The molecule has 1 amide bonds. The molecule has 4 N–H and O–H groups in total. The summed E-state index contributed by atoms with van der Waals surface area (Å²) in [5.74, 6) is -0.789. The summed E-state index contributed by atoms with van der Waals surface area (Å²) in [5, 5.41) is 10.2. The van der Waals surface area contributed by atoms with E-state index in [0.717, 1.165) is 5.56 Å². The predicted molar refractivity (Wildman–Crippen MR) is 68.7 cm³/mol. The minimum absolute atomic E-state index is 0.0721. The molecule has 0 saturated carbocycles. The quantitative estimate of drug-likeness (QED) is 0.536. The van der Waals surface area contributed by atoms with Crippen molar-refractivity contribution >= 4 is 11.7 Å². The van der Waals surface area contributed by atoms with E-state index in [1.165, 1.54) is 0 Å². The van der Waals surface area contributed by atoms with Crippen molar-refractivity contribution < 1.29 is 4.79 Å². The van der Waals surface area contributed by atoms with Gasteiger partial charge in [-0.05, 0) is 18.9 Å². The Balaban J connectivity index is 2.66. The highest BCUT2D eigenvalue weighted by atomic mass is 16.2. The van der Waals surface area contributed by atoms with Crippen LogP contribution in [0.4, 0.5) is 0 Å². The minimum atomic E-state index is -0.527. The predicted octanol–water partition coefficient (Wildman–Crippen LogP) is 1.83. The second-order valence-corrected chi connectivity index (χ2v) is 4.06. The summed E-state index contributed by atoms with van der Waals surface area (Å²) in [6, 6.07) is 9.64. The molecule has 1 aromatic carbocycles. The van der Waals surface area contributed by atoms with E-state index in [0.29, 0.717) is 6.42 Å². The number of carbonyl (C=O) groups excluding carboxylic acids is 1. The highest BCUT2D eigenvalue weighted by Gasteiger charge is 2.21. The number of amides is 1. The smallest absolute Gasteiger partial charge is 0.231 e. The molecule has 17 heavy (non-hydrogen) atoms. The van der Waals surface area contributed by atoms with Gasteiger partial charge in [-0.15, -0.1) is 0 Å². The van der Waals surface area contributed by atoms with Crippen LogP contribution in [0.25, 0.3) is 0 Å². The van der Waals surface area contributed by atoms with E-state index in [-0.39, 0.29) is 17.8 Å². The van der Waals surface area contributed by atoms with E-state index in [1.807, 2.05) is 44.2 Å². The maximum atomic E-state index is 11.9. The highest BCUT2D eigenvalue weighted by Crippen LogP contribution is 2.12. The first-order chi connectivity index (χ1) is 8.06. The molecule has 92 valence electrons. The summed E-state index contributed by atoms with van der Waals surface area (Å²) < 4.78 is 0. The Bertz CT molecular complexity index is 389. The maximum Gasteiger partial charge on any atom is 0.231 e. The summed E-state index contributed by atoms with van der Waals surface area (Å²) in [6.45, 7) is 3.76. The lowest BCUT2D eigenvalue weighted by atomic mass is 10.0. The van der Waals surface area contributed by atoms with Crippen LogP contribution in [0.5, 0.6) is 0 Å². The number of hydrogen-bond acceptors (Lipinski definition) is 2. The van der Waals surface area contributed by atoms with Gasteiger partial charge in [0.05, 0.1) is 12.0 Å². The van der Waals surface area contributed by atoms with Crippen molar-refractivity contribution in [2.45, 2.75) is 26.3 Å². The number of nitrogens with one attached hydrogen (secondary N) is 2. The fourth-order valence-electron chi connectivity index (χ4n) is 1.69. The zero-order valence-electron chi connectivity index (χ0n) is 10.2. The van der Waals surface area contributed by atoms with Crippen LogP contribution in [0.1, 0.15) is 31.9 Å². The molecule has 1 rings (SSSR count). The lowest BCUT2D eigenvalue weighted by Crippen LogP contribution is -2.39. The van der Waals surface area contributed by atoms with E-state index in [2.05, 4.69) is 5.32 Å². The molecule has 0 fully saturated rings. The van der Waals surface area contributed by atoms with Gasteiger partial charge in [0.15, 0.2) is 0 Å². The standard InChI is InChI=1S/C13H19N3O/c1-3-11(12(14)15)13(17)16-9(2)10-7-5-4-6-8-10/h4-9,11H,3H2,1-2H3,(H3,14,15)(H,16,17)/t9-,11+/m0/s1. The minimum Gasteiger partial charge on any atom is -0.387 e. The summed E-state index contributed by atoms with van der Waals surface area (Å²) in [4.78, 5) is 11.9. The number of nitrogens with two attached hydrogens (primary N) is 1. The zero-order valence-corrected chi connectivity index (χ0v) is 10.2. The normalized spacial score (nSPS) is 13.8. The molecule has 0 spiro atoms. The Morgan fingerprint density at radius 1 is 1.41 bits per heavy atom. The molecule has 0 bridgehead atoms. The zero-order chi connectivity index (χ0) is 12.8. The number of hydrogen-bond donors (Lipinski definition) is 3. The van der Waals surface area contributed by atoms with Crippen LogP contribution in [0.2, 0.25) is 0 Å². The molecule has 1 aromatic rings. The van der Waals surface area contributed by atoms with Crippen molar-refractivity contribution in [2.24, 2.45) is 11.7 Å². The SMILES string of the molecule is CC[C@H](C(=N)N)C(=O)N[C@@H](C)c1ccccc1. The average molecular weight is 233 g/mol. The monoisotopic (exact) mass is 233 g/mol. The van der Waals surface area contributed by atoms with Gasteiger partial charge < -0.3 is 11.1 Å². The van der Waals surface area contributed by atoms with Crippen molar-refractivity contribution in [3.05, 3.63) is 35.9 Å². The van der Waals surface area contributed by atoms with E-state index >= 15 is 0 Å². The van der Waals surface area contributed by atoms with Crippen molar-refractivity contribution in [1.29, 1.82) is 5.41 Å². The van der Waals surface area contributed by atoms with Crippen molar-refractivity contribution in [1.82, 2.24) is 5.32 Å². The highest BCUT2D eigenvalue weighted by molar-refractivity contribution is 6.00. The second kappa shape index (κ2) is 6.03. The third kappa shape index (κ3) is 3.59. The van der Waals surface area contributed by atoms with Gasteiger partial charge in [-0.1, -0.05) is 37.3 Å². The van der Waals surface area contributed by atoms with Gasteiger partial charge >= 0.3 is 0 Å². The number of benzene rings is 1. The fourth-order valence-corrected chi connectivity index (χ4v) is 1.69. The average Bonchev–Trinajstić information content (AvgIpc) is 2.30. The van der Waals surface area contributed by atoms with Crippen molar-refractivity contribution in [2.75, 3.05) is 0 Å². The number of amidine groups is 1. The molecule has 0 saturated heterocycles. The first kappa shape index (κ1) is 13.2. The molecule has 0 aliphatic rings. The van der Waals surface area contributed by atoms with Crippen LogP contribution in [0.15, 0.2) is 30.3 Å². The Hall–Kier alpha value is -1.84. The van der Waals surface area contributed by atoms with Crippen LogP contribution in [0, 0.1) is 11.3 Å². The van der Waals surface area contributed by atoms with E-state index in [1.54, 1.807) is 0 Å². The Kier molecular flexibility index (Phi) is 4.69. The van der Waals surface area contributed by atoms with Crippen LogP contribution < -0.4 is 11.1 Å². The molecule has 0 radical (unpaired) electrons. The number of carbonyl (C=O) groups is 1. The topological polar surface area (TPSA) is 79.0 Å². The Labute approximate surface area is 102 Å². The summed E-state index contributed by atoms with van der Waals surface area (Å²) in [6.07, 6.45) is 0.544. The molecular weight excluding hydrogens is 214 g/mol. The first-order valence-corrected chi connectivity index (χ1v) is 5.75. The molecule has 0 unspecified atom stereocenters. The van der Waals surface area contributed by atoms with Gasteiger partial charge in [-0.25, -0.2) is 0 Å². The van der Waals surface area contributed by atoms with E-state index in [4.69, 9.17) is 11.1 Å². The van der Waals surface area contributed by atoms with Gasteiger partial charge in [0.2, 0.25) is 5.91 Å². The third-order valence-electron chi connectivity index (χ3n) is 2.76. The molecule has 4 nitrogen and oxygen atoms in total. The molecule has 0 aromatic heterocycles. The van der Waals surface area contributed by atoms with Gasteiger partial charge in [0.1, 0.15) is 5.84 Å². The lowest BCUT2D eigenvalue weighted by molar-refractivity contribution is -0.123. The van der Waals surface area contributed by atoms with Crippen LogP contribution in [-0.4, -0.2) is 11.7 Å². The van der Waals surface area contributed by atoms with Crippen LogP contribution in [-0.2, 0) is 4.79 Å². The molecule has 2 atom stereocenters. The molecule has 0 aliphatic heterocycles. The van der Waals surface area contributed by atoms with E-state index in [9.17, 15) is 4.79 Å². The lowest BCUT2D eigenvalue weighted by Gasteiger charge is -2.18. The first-order valence-electron chi connectivity index (χ1n) is 5.75. The maximum absolute atomic E-state index is 11.9. The van der Waals surface area contributed by atoms with Crippen molar-refractivity contribution in [3.63, 3.8) is 0 Å². The van der Waals surface area contributed by atoms with E-state index < -0.39 is 5.92 Å². The molecular formula is C13H19N3O. The summed E-state index contributed by atoms with van der Waals surface area (Å²) in [7, 11) is 0.